The second-order valence-corrected chi connectivity index (χ2v) is 5.89. The molecule has 5 heteroatoms. The Bertz CT molecular complexity index is 459. The molecule has 1 fully saturated rings. The zero-order valence-corrected chi connectivity index (χ0v) is 13.6. The fourth-order valence-electron chi connectivity index (χ4n) is 2.34. The van der Waals surface area contributed by atoms with Gasteiger partial charge in [-0.25, -0.2) is 0 Å². The van der Waals surface area contributed by atoms with E-state index in [-0.39, 0.29) is 5.91 Å². The minimum absolute atomic E-state index is 0.0701. The molecule has 0 saturated carbocycles. The van der Waals surface area contributed by atoms with Crippen molar-refractivity contribution in [2.75, 3.05) is 32.7 Å². The number of amides is 1. The molecular formula is C15H21BrN2O2. The van der Waals surface area contributed by atoms with E-state index in [4.69, 9.17) is 4.74 Å². The zero-order valence-electron chi connectivity index (χ0n) is 12.0. The normalized spacial score (nSPS) is 17.9. The van der Waals surface area contributed by atoms with E-state index >= 15 is 0 Å². The highest BCUT2D eigenvalue weighted by atomic mass is 79.9. The summed E-state index contributed by atoms with van der Waals surface area (Å²) < 4.78 is 6.68. The predicted octanol–water partition coefficient (Wildman–Crippen LogP) is 2.38. The average Bonchev–Trinajstić information content (AvgIpc) is 2.46. The van der Waals surface area contributed by atoms with Crippen LogP contribution in [-0.4, -0.2) is 54.5 Å². The molecule has 1 aromatic rings. The van der Waals surface area contributed by atoms with Crippen molar-refractivity contribution >= 4 is 21.8 Å². The van der Waals surface area contributed by atoms with Crippen molar-refractivity contribution in [3.05, 3.63) is 28.7 Å². The van der Waals surface area contributed by atoms with Crippen LogP contribution in [0.1, 0.15) is 13.8 Å². The first-order valence-corrected chi connectivity index (χ1v) is 7.83. The Labute approximate surface area is 128 Å². The third-order valence-corrected chi connectivity index (χ3v) is 4.08. The molecule has 2 rings (SSSR count). The van der Waals surface area contributed by atoms with Crippen LogP contribution in [0.25, 0.3) is 0 Å². The van der Waals surface area contributed by atoms with Gasteiger partial charge >= 0.3 is 0 Å². The molecule has 0 radical (unpaired) electrons. The lowest BCUT2D eigenvalue weighted by Gasteiger charge is -2.35. The predicted molar refractivity (Wildman–Crippen MR) is 82.9 cm³/mol. The molecule has 0 N–H and O–H groups in total. The van der Waals surface area contributed by atoms with Gasteiger partial charge in [0.2, 0.25) is 0 Å². The lowest BCUT2D eigenvalue weighted by atomic mass is 10.2. The number of piperazine rings is 1. The highest BCUT2D eigenvalue weighted by Crippen LogP contribution is 2.19. The monoisotopic (exact) mass is 340 g/mol. The van der Waals surface area contributed by atoms with Gasteiger partial charge in [-0.05, 0) is 31.7 Å². The summed E-state index contributed by atoms with van der Waals surface area (Å²) in [6.07, 6.45) is -0.447. The van der Waals surface area contributed by atoms with Crippen LogP contribution >= 0.6 is 15.9 Å². The van der Waals surface area contributed by atoms with Crippen molar-refractivity contribution in [3.63, 3.8) is 0 Å². The average molecular weight is 341 g/mol. The molecule has 1 aliphatic rings. The number of hydrogen-bond acceptors (Lipinski definition) is 3. The summed E-state index contributed by atoms with van der Waals surface area (Å²) in [5, 5.41) is 0. The van der Waals surface area contributed by atoms with E-state index < -0.39 is 6.10 Å². The van der Waals surface area contributed by atoms with Crippen molar-refractivity contribution in [1.82, 2.24) is 9.80 Å². The van der Waals surface area contributed by atoms with Crippen LogP contribution in [0, 0.1) is 0 Å². The van der Waals surface area contributed by atoms with Gasteiger partial charge in [-0.2, -0.15) is 0 Å². The van der Waals surface area contributed by atoms with Gasteiger partial charge in [0.05, 0.1) is 0 Å². The second kappa shape index (κ2) is 7.09. The van der Waals surface area contributed by atoms with E-state index in [1.165, 1.54) is 0 Å². The second-order valence-electron chi connectivity index (χ2n) is 4.98. The molecule has 0 bridgehead atoms. The molecule has 1 atom stereocenters. The Morgan fingerprint density at radius 1 is 1.35 bits per heavy atom. The first-order chi connectivity index (χ1) is 9.60. The maximum Gasteiger partial charge on any atom is 0.263 e. The number of carbonyl (C=O) groups is 1. The largest absolute Gasteiger partial charge is 0.481 e. The van der Waals surface area contributed by atoms with Gasteiger partial charge in [-0.15, -0.1) is 0 Å². The zero-order chi connectivity index (χ0) is 14.5. The van der Waals surface area contributed by atoms with E-state index in [9.17, 15) is 4.79 Å². The molecule has 1 aliphatic heterocycles. The van der Waals surface area contributed by atoms with Crippen molar-refractivity contribution < 1.29 is 9.53 Å². The summed E-state index contributed by atoms with van der Waals surface area (Å²) in [6, 6.07) is 7.57. The van der Waals surface area contributed by atoms with Crippen molar-refractivity contribution in [2.45, 2.75) is 20.0 Å². The topological polar surface area (TPSA) is 32.8 Å². The molecule has 4 nitrogen and oxygen atoms in total. The van der Waals surface area contributed by atoms with Gasteiger partial charge in [0.1, 0.15) is 5.75 Å². The number of ether oxygens (including phenoxy) is 1. The standard InChI is InChI=1S/C15H21BrN2O2/c1-3-17-7-9-18(10-8-17)15(19)12(2)20-14-6-4-5-13(16)11-14/h4-6,11-12H,3,7-10H2,1-2H3/t12-/m0/s1. The van der Waals surface area contributed by atoms with Crippen molar-refractivity contribution in [3.8, 4) is 5.75 Å². The Hall–Kier alpha value is -1.07. The first-order valence-electron chi connectivity index (χ1n) is 7.03. The lowest BCUT2D eigenvalue weighted by Crippen LogP contribution is -2.51. The summed E-state index contributed by atoms with van der Waals surface area (Å²) in [5.74, 6) is 0.785. The molecule has 1 aromatic carbocycles. The highest BCUT2D eigenvalue weighted by molar-refractivity contribution is 9.10. The summed E-state index contributed by atoms with van der Waals surface area (Å²) in [5.41, 5.74) is 0. The third-order valence-electron chi connectivity index (χ3n) is 3.59. The van der Waals surface area contributed by atoms with Gasteiger partial charge in [0.15, 0.2) is 6.10 Å². The van der Waals surface area contributed by atoms with Crippen molar-refractivity contribution in [1.29, 1.82) is 0 Å². The Kier molecular flexibility index (Phi) is 5.43. The minimum atomic E-state index is -0.447. The maximum atomic E-state index is 12.4. The molecule has 1 heterocycles. The summed E-state index contributed by atoms with van der Waals surface area (Å²) in [4.78, 5) is 16.6. The minimum Gasteiger partial charge on any atom is -0.481 e. The summed E-state index contributed by atoms with van der Waals surface area (Å²) in [7, 11) is 0. The van der Waals surface area contributed by atoms with Gasteiger partial charge in [-0.1, -0.05) is 28.9 Å². The smallest absolute Gasteiger partial charge is 0.263 e. The number of nitrogens with zero attached hydrogens (tertiary/aromatic N) is 2. The van der Waals surface area contributed by atoms with E-state index in [0.29, 0.717) is 5.75 Å². The molecular weight excluding hydrogens is 320 g/mol. The van der Waals surface area contributed by atoms with Gasteiger partial charge < -0.3 is 14.5 Å². The van der Waals surface area contributed by atoms with E-state index in [1.54, 1.807) is 0 Å². The lowest BCUT2D eigenvalue weighted by molar-refractivity contribution is -0.139. The number of likely N-dealkylation sites (N-methyl/N-ethyl adjacent to an activating group) is 1. The first kappa shape index (κ1) is 15.3. The third kappa shape index (κ3) is 3.96. The molecule has 0 spiro atoms. The van der Waals surface area contributed by atoms with Crippen LogP contribution in [0.15, 0.2) is 28.7 Å². The quantitative estimate of drug-likeness (QED) is 0.843. The maximum absolute atomic E-state index is 12.4. The fraction of sp³-hybridized carbons (Fsp3) is 0.533. The van der Waals surface area contributed by atoms with Crippen LogP contribution in [-0.2, 0) is 4.79 Å². The van der Waals surface area contributed by atoms with E-state index in [0.717, 1.165) is 37.2 Å². The Morgan fingerprint density at radius 2 is 2.05 bits per heavy atom. The number of benzene rings is 1. The van der Waals surface area contributed by atoms with Crippen LogP contribution in [0.5, 0.6) is 5.75 Å². The van der Waals surface area contributed by atoms with Gasteiger partial charge in [-0.3, -0.25) is 4.79 Å². The van der Waals surface area contributed by atoms with Crippen LogP contribution in [0.4, 0.5) is 0 Å². The molecule has 0 aliphatic carbocycles. The van der Waals surface area contributed by atoms with Gasteiger partial charge in [0.25, 0.3) is 5.91 Å². The Balaban J connectivity index is 1.89. The van der Waals surface area contributed by atoms with E-state index in [1.807, 2.05) is 36.1 Å². The van der Waals surface area contributed by atoms with Gasteiger partial charge in [0, 0.05) is 30.7 Å². The molecule has 0 unspecified atom stereocenters. The van der Waals surface area contributed by atoms with E-state index in [2.05, 4.69) is 27.8 Å². The highest BCUT2D eigenvalue weighted by Gasteiger charge is 2.25. The molecule has 0 aromatic heterocycles. The number of carbonyl (C=O) groups excluding carboxylic acids is 1. The molecule has 110 valence electrons. The number of halogens is 1. The van der Waals surface area contributed by atoms with Crippen LogP contribution in [0.2, 0.25) is 0 Å². The molecule has 20 heavy (non-hydrogen) atoms. The molecule has 1 saturated heterocycles. The summed E-state index contributed by atoms with van der Waals surface area (Å²) in [6.45, 7) is 8.49. The SMILES string of the molecule is CCN1CCN(C(=O)[C@H](C)Oc2cccc(Br)c2)CC1. The number of rotatable bonds is 4. The Morgan fingerprint density at radius 3 is 2.65 bits per heavy atom. The molecule has 1 amide bonds. The van der Waals surface area contributed by atoms with Crippen LogP contribution < -0.4 is 4.74 Å². The fourth-order valence-corrected chi connectivity index (χ4v) is 2.71. The number of hydrogen-bond donors (Lipinski definition) is 0. The van der Waals surface area contributed by atoms with Crippen LogP contribution in [0.3, 0.4) is 0 Å². The summed E-state index contributed by atoms with van der Waals surface area (Å²) >= 11 is 3.40. The van der Waals surface area contributed by atoms with Crippen molar-refractivity contribution in [2.24, 2.45) is 0 Å².